The van der Waals surface area contributed by atoms with Crippen molar-refractivity contribution in [3.05, 3.63) is 70.4 Å². The second-order valence-corrected chi connectivity index (χ2v) is 15.8. The van der Waals surface area contributed by atoms with Gasteiger partial charge in [0.1, 0.15) is 11.4 Å². The highest BCUT2D eigenvalue weighted by Crippen LogP contribution is 2.29. The predicted octanol–water partition coefficient (Wildman–Crippen LogP) is 4.34. The highest BCUT2D eigenvalue weighted by Gasteiger charge is 2.28. The number of nitrogens with one attached hydrogen (secondary N) is 2. The van der Waals surface area contributed by atoms with Gasteiger partial charge in [-0.2, -0.15) is 8.61 Å². The van der Waals surface area contributed by atoms with Crippen molar-refractivity contribution in [1.82, 2.24) is 18.6 Å². The van der Waals surface area contributed by atoms with Crippen LogP contribution < -0.4 is 10.6 Å². The Morgan fingerprint density at radius 1 is 0.591 bits per heavy atom. The molecule has 12 nitrogen and oxygen atoms in total. The van der Waals surface area contributed by atoms with E-state index in [1.54, 1.807) is 10.8 Å². The van der Waals surface area contributed by atoms with E-state index >= 15 is 0 Å². The Labute approximate surface area is 262 Å². The quantitative estimate of drug-likeness (QED) is 0.266. The molecular weight excluding hydrogens is 645 g/mol. The minimum absolute atomic E-state index is 0.154. The first-order valence-corrected chi connectivity index (χ1v) is 18.5. The van der Waals surface area contributed by atoms with Gasteiger partial charge < -0.3 is 0 Å². The maximum absolute atomic E-state index is 12.8. The second-order valence-electron chi connectivity index (χ2n) is 10.3. The third-order valence-electron chi connectivity index (χ3n) is 7.35. The molecule has 230 valence electrons. The van der Waals surface area contributed by atoms with Crippen molar-refractivity contribution in [3.63, 3.8) is 0 Å². The zero-order chi connectivity index (χ0) is 30.9. The van der Waals surface area contributed by atoms with Crippen LogP contribution in [0.4, 0.5) is 10.3 Å². The van der Waals surface area contributed by atoms with E-state index in [-0.39, 0.29) is 9.79 Å². The van der Waals surface area contributed by atoms with Crippen molar-refractivity contribution in [2.75, 3.05) is 36.8 Å². The molecule has 6 rings (SSSR count). The first kappa shape index (κ1) is 30.5. The fourth-order valence-corrected chi connectivity index (χ4v) is 9.38. The van der Waals surface area contributed by atoms with Crippen molar-refractivity contribution in [2.24, 2.45) is 0 Å². The predicted molar refractivity (Wildman–Crippen MR) is 168 cm³/mol. The maximum atomic E-state index is 12.8. The van der Waals surface area contributed by atoms with Gasteiger partial charge in [0.05, 0.1) is 9.79 Å². The summed E-state index contributed by atoms with van der Waals surface area (Å²) in [7, 11) is -7.13. The Balaban J connectivity index is 1.06. The van der Waals surface area contributed by atoms with Gasteiger partial charge in [-0.25, -0.2) is 26.8 Å². The minimum Gasteiger partial charge on any atom is -0.298 e. The van der Waals surface area contributed by atoms with Crippen molar-refractivity contribution >= 4 is 64.8 Å². The number of thiazole rings is 2. The standard InChI is InChI=1S/C28H28N6O6S4/c35-25(19-5-9-21(10-6-19)43(37,38)33-13-1-2-14-33)31-27-29-23(17-41-27)24-18-42-28(30-24)32-26(36)20-7-11-22(12-8-20)44(39,40)34-15-3-4-16-34/h5-12,17-18H,1-4,13-16H2,(H,29,31,35)(H,30,32,36). The number of hydrogen-bond donors (Lipinski definition) is 2. The molecule has 2 aliphatic rings. The molecule has 2 N–H and O–H groups in total. The van der Waals surface area contributed by atoms with E-state index in [0.717, 1.165) is 25.7 Å². The summed E-state index contributed by atoms with van der Waals surface area (Å²) >= 11 is 2.41. The van der Waals surface area contributed by atoms with E-state index in [1.807, 2.05) is 0 Å². The van der Waals surface area contributed by atoms with Crippen LogP contribution in [0.1, 0.15) is 46.4 Å². The van der Waals surface area contributed by atoms with Gasteiger partial charge in [-0.1, -0.05) is 0 Å². The number of benzene rings is 2. The summed E-state index contributed by atoms with van der Waals surface area (Å²) in [5.74, 6) is -0.858. The van der Waals surface area contributed by atoms with Crippen LogP contribution in [0.25, 0.3) is 11.4 Å². The molecule has 2 aromatic heterocycles. The van der Waals surface area contributed by atoms with E-state index in [9.17, 15) is 26.4 Å². The zero-order valence-corrected chi connectivity index (χ0v) is 26.6. The molecule has 2 saturated heterocycles. The Kier molecular flexibility index (Phi) is 8.63. The van der Waals surface area contributed by atoms with Gasteiger partial charge in [-0.05, 0) is 74.2 Å². The maximum Gasteiger partial charge on any atom is 0.257 e. The first-order chi connectivity index (χ1) is 21.1. The topological polar surface area (TPSA) is 159 Å². The number of anilines is 2. The normalized spacial score (nSPS) is 16.3. The molecule has 44 heavy (non-hydrogen) atoms. The molecule has 4 heterocycles. The summed E-state index contributed by atoms with van der Waals surface area (Å²) in [5, 5.41) is 9.56. The van der Waals surface area contributed by atoms with Gasteiger partial charge in [0.2, 0.25) is 20.0 Å². The largest absolute Gasteiger partial charge is 0.298 e. The number of amides is 2. The molecule has 0 unspecified atom stereocenters. The molecule has 2 amide bonds. The number of rotatable bonds is 9. The molecule has 0 saturated carbocycles. The molecule has 0 aliphatic carbocycles. The van der Waals surface area contributed by atoms with E-state index in [4.69, 9.17) is 0 Å². The summed E-state index contributed by atoms with van der Waals surface area (Å²) in [4.78, 5) is 34.7. The van der Waals surface area contributed by atoms with Crippen LogP contribution in [0.5, 0.6) is 0 Å². The number of carbonyl (C=O) groups excluding carboxylic acids is 2. The van der Waals surface area contributed by atoms with Crippen LogP contribution in [0, 0.1) is 0 Å². The molecule has 16 heteroatoms. The number of carbonyl (C=O) groups is 2. The van der Waals surface area contributed by atoms with Crippen LogP contribution in [-0.4, -0.2) is 73.4 Å². The average molecular weight is 673 g/mol. The highest BCUT2D eigenvalue weighted by molar-refractivity contribution is 7.89. The molecular formula is C28H28N6O6S4. The van der Waals surface area contributed by atoms with E-state index < -0.39 is 31.9 Å². The van der Waals surface area contributed by atoms with Crippen LogP contribution in [0.15, 0.2) is 69.1 Å². The highest BCUT2D eigenvalue weighted by atomic mass is 32.2. The fourth-order valence-electron chi connectivity index (χ4n) is 4.95. The lowest BCUT2D eigenvalue weighted by Gasteiger charge is -2.15. The number of aromatic nitrogens is 2. The van der Waals surface area contributed by atoms with Crippen LogP contribution >= 0.6 is 22.7 Å². The monoisotopic (exact) mass is 672 g/mol. The summed E-state index contributed by atoms with van der Waals surface area (Å²) in [6, 6.07) is 11.6. The molecule has 2 fully saturated rings. The van der Waals surface area contributed by atoms with E-state index in [0.29, 0.717) is 59.0 Å². The average Bonchev–Trinajstić information content (AvgIpc) is 3.85. The third-order valence-corrected chi connectivity index (χ3v) is 12.7. The lowest BCUT2D eigenvalue weighted by atomic mass is 10.2. The molecule has 0 bridgehead atoms. The Morgan fingerprint density at radius 3 is 1.27 bits per heavy atom. The lowest BCUT2D eigenvalue weighted by Crippen LogP contribution is -2.27. The number of nitrogens with zero attached hydrogens (tertiary/aromatic N) is 4. The van der Waals surface area contributed by atoms with Gasteiger partial charge >= 0.3 is 0 Å². The molecule has 0 atom stereocenters. The van der Waals surface area contributed by atoms with Crippen molar-refractivity contribution in [1.29, 1.82) is 0 Å². The fraction of sp³-hybridized carbons (Fsp3) is 0.286. The summed E-state index contributed by atoms with van der Waals surface area (Å²) in [5.41, 5.74) is 1.60. The van der Waals surface area contributed by atoms with E-state index in [1.165, 1.54) is 79.8 Å². The van der Waals surface area contributed by atoms with Crippen molar-refractivity contribution in [2.45, 2.75) is 35.5 Å². The minimum atomic E-state index is -3.56. The Morgan fingerprint density at radius 2 is 0.932 bits per heavy atom. The van der Waals surface area contributed by atoms with Gasteiger partial charge in [0.15, 0.2) is 10.3 Å². The molecule has 0 spiro atoms. The van der Waals surface area contributed by atoms with Crippen LogP contribution in [0.2, 0.25) is 0 Å². The number of hydrogen-bond acceptors (Lipinski definition) is 10. The van der Waals surface area contributed by atoms with E-state index in [2.05, 4.69) is 20.6 Å². The molecule has 4 aromatic rings. The van der Waals surface area contributed by atoms with Gasteiger partial charge in [-0.15, -0.1) is 22.7 Å². The van der Waals surface area contributed by atoms with Crippen LogP contribution in [0.3, 0.4) is 0 Å². The van der Waals surface area contributed by atoms with Gasteiger partial charge in [-0.3, -0.25) is 20.2 Å². The molecule has 0 radical (unpaired) electrons. The zero-order valence-electron chi connectivity index (χ0n) is 23.3. The molecule has 2 aromatic carbocycles. The number of sulfonamides is 2. The Hall–Kier alpha value is -3.54. The third kappa shape index (κ3) is 6.31. The lowest BCUT2D eigenvalue weighted by molar-refractivity contribution is 0.101. The van der Waals surface area contributed by atoms with Gasteiger partial charge in [0.25, 0.3) is 11.8 Å². The first-order valence-electron chi connectivity index (χ1n) is 13.9. The smallest absolute Gasteiger partial charge is 0.257 e. The van der Waals surface area contributed by atoms with Crippen molar-refractivity contribution < 1.29 is 26.4 Å². The SMILES string of the molecule is O=C(Nc1nc(-c2csc(NC(=O)c3ccc(S(=O)(=O)N4CCCC4)cc3)n2)cs1)c1ccc(S(=O)(=O)N2CCCC2)cc1. The van der Waals surface area contributed by atoms with Crippen LogP contribution in [-0.2, 0) is 20.0 Å². The Bertz CT molecular complexity index is 1750. The summed E-state index contributed by atoms with van der Waals surface area (Å²) in [6.07, 6.45) is 3.37. The summed E-state index contributed by atoms with van der Waals surface area (Å²) in [6.45, 7) is 2.02. The summed E-state index contributed by atoms with van der Waals surface area (Å²) < 4.78 is 53.8. The molecule has 2 aliphatic heterocycles. The van der Waals surface area contributed by atoms with Gasteiger partial charge in [0, 0.05) is 48.1 Å². The van der Waals surface area contributed by atoms with Crippen molar-refractivity contribution in [3.8, 4) is 11.4 Å². The second kappa shape index (κ2) is 12.5.